The van der Waals surface area contributed by atoms with Crippen LogP contribution in [0.4, 0.5) is 52.7 Å². The molecular weight excluding hydrogens is 444 g/mol. The SMILES string of the molecule is CO[Si](C)(CCCC(F)(F)C(F)(F)C(F)(F)C(F)(F)C(F)(F)C(C)(F)F)OC. The maximum Gasteiger partial charge on any atom is 0.384 e. The van der Waals surface area contributed by atoms with Gasteiger partial charge in [-0.25, -0.2) is 0 Å². The number of rotatable bonds is 11. The van der Waals surface area contributed by atoms with Crippen LogP contribution < -0.4 is 0 Å². The van der Waals surface area contributed by atoms with Crippen molar-refractivity contribution in [1.29, 1.82) is 0 Å². The van der Waals surface area contributed by atoms with E-state index in [0.29, 0.717) is 0 Å². The van der Waals surface area contributed by atoms with Crippen molar-refractivity contribution < 1.29 is 61.5 Å². The van der Waals surface area contributed by atoms with E-state index in [4.69, 9.17) is 8.85 Å². The zero-order valence-electron chi connectivity index (χ0n) is 15.0. The smallest absolute Gasteiger partial charge is 0.384 e. The van der Waals surface area contributed by atoms with Crippen LogP contribution in [0.3, 0.4) is 0 Å². The lowest BCUT2D eigenvalue weighted by Crippen LogP contribution is -2.70. The molecule has 0 aliphatic rings. The fourth-order valence-electron chi connectivity index (χ4n) is 1.98. The highest BCUT2D eigenvalue weighted by Gasteiger charge is 2.89. The van der Waals surface area contributed by atoms with Crippen molar-refractivity contribution in [1.82, 2.24) is 0 Å². The number of hydrogen-bond acceptors (Lipinski definition) is 2. The van der Waals surface area contributed by atoms with E-state index in [9.17, 15) is 52.7 Å². The zero-order chi connectivity index (χ0) is 23.0. The first kappa shape index (κ1) is 27.3. The molecule has 0 amide bonds. The molecule has 0 N–H and O–H groups in total. The first-order valence-electron chi connectivity index (χ1n) is 7.45. The normalized spacial score (nSPS) is 15.9. The summed E-state index contributed by atoms with van der Waals surface area (Å²) < 4.78 is 169. The average molecular weight is 462 g/mol. The molecule has 0 radical (unpaired) electrons. The second-order valence-corrected chi connectivity index (χ2v) is 9.87. The van der Waals surface area contributed by atoms with Gasteiger partial charge in [0.25, 0.3) is 0 Å². The predicted octanol–water partition coefficient (Wildman–Crippen LogP) is 5.96. The molecule has 0 aliphatic heterocycles. The molecule has 0 aromatic carbocycles. The molecule has 0 aromatic rings. The quantitative estimate of drug-likeness (QED) is 0.279. The molecule has 0 spiro atoms. The molecule has 0 unspecified atom stereocenters. The van der Waals surface area contributed by atoms with Crippen LogP contribution in [0.2, 0.25) is 12.6 Å². The first-order chi connectivity index (χ1) is 12.1. The molecule has 0 fully saturated rings. The lowest BCUT2D eigenvalue weighted by atomic mass is 9.90. The Bertz CT molecular complexity index is 528. The van der Waals surface area contributed by atoms with E-state index in [1.807, 2.05) is 0 Å². The third-order valence-electron chi connectivity index (χ3n) is 4.18. The van der Waals surface area contributed by atoms with Gasteiger partial charge in [0.15, 0.2) is 0 Å². The monoisotopic (exact) mass is 462 g/mol. The fourth-order valence-corrected chi connectivity index (χ4v) is 3.37. The summed E-state index contributed by atoms with van der Waals surface area (Å²) in [5, 5.41) is 0. The first-order valence-corrected chi connectivity index (χ1v) is 9.97. The third-order valence-corrected chi connectivity index (χ3v) is 7.17. The summed E-state index contributed by atoms with van der Waals surface area (Å²) in [6.07, 6.45) is -3.13. The standard InChI is InChI=1S/C13H18F12O2Si/c1-8(14,15)10(18,19)12(22,23)13(24,25)11(20,21)9(16,17)6-5-7-28(4,26-2)27-3/h5-7H2,1-4H3. The summed E-state index contributed by atoms with van der Waals surface area (Å²) in [5.74, 6) is -41.0. The Balaban J connectivity index is 5.80. The van der Waals surface area contributed by atoms with Gasteiger partial charge in [-0.2, -0.15) is 52.7 Å². The van der Waals surface area contributed by atoms with Gasteiger partial charge in [0.2, 0.25) is 0 Å². The van der Waals surface area contributed by atoms with Crippen LogP contribution >= 0.6 is 0 Å². The Labute approximate surface area is 153 Å². The zero-order valence-corrected chi connectivity index (χ0v) is 16.0. The molecule has 0 bridgehead atoms. The highest BCUT2D eigenvalue weighted by Crippen LogP contribution is 2.60. The van der Waals surface area contributed by atoms with Gasteiger partial charge < -0.3 is 8.85 Å². The van der Waals surface area contributed by atoms with Crippen LogP contribution in [0.5, 0.6) is 0 Å². The van der Waals surface area contributed by atoms with Crippen LogP contribution in [-0.2, 0) is 8.85 Å². The third kappa shape index (κ3) is 4.39. The van der Waals surface area contributed by atoms with Gasteiger partial charge in [-0.15, -0.1) is 0 Å². The second kappa shape index (κ2) is 7.85. The minimum atomic E-state index is -7.50. The highest BCUT2D eigenvalue weighted by atomic mass is 28.4. The van der Waals surface area contributed by atoms with Gasteiger partial charge >= 0.3 is 44.1 Å². The lowest BCUT2D eigenvalue weighted by Gasteiger charge is -2.40. The molecule has 28 heavy (non-hydrogen) atoms. The molecular formula is C13H18F12O2Si. The lowest BCUT2D eigenvalue weighted by molar-refractivity contribution is -0.423. The Kier molecular flexibility index (Phi) is 7.65. The number of halogens is 12. The molecule has 0 atom stereocenters. The maximum atomic E-state index is 13.6. The van der Waals surface area contributed by atoms with Gasteiger partial charge in [-0.05, 0) is 19.0 Å². The van der Waals surface area contributed by atoms with Crippen molar-refractivity contribution in [3.8, 4) is 0 Å². The molecule has 0 saturated carbocycles. The number of hydrogen-bond donors (Lipinski definition) is 0. The van der Waals surface area contributed by atoms with Gasteiger partial charge in [-0.1, -0.05) is 0 Å². The van der Waals surface area contributed by atoms with Gasteiger partial charge in [0, 0.05) is 27.6 Å². The molecule has 0 heterocycles. The van der Waals surface area contributed by atoms with E-state index in [-0.39, 0.29) is 0 Å². The molecule has 0 rings (SSSR count). The van der Waals surface area contributed by atoms with E-state index in [2.05, 4.69) is 0 Å². The minimum Gasteiger partial charge on any atom is -0.398 e. The van der Waals surface area contributed by atoms with Gasteiger partial charge in [-0.3, -0.25) is 0 Å². The highest BCUT2D eigenvalue weighted by molar-refractivity contribution is 6.65. The van der Waals surface area contributed by atoms with Crippen LogP contribution in [0.25, 0.3) is 0 Å². The van der Waals surface area contributed by atoms with E-state index in [1.54, 1.807) is 0 Å². The molecule has 0 aliphatic carbocycles. The van der Waals surface area contributed by atoms with Crippen molar-refractivity contribution in [3.05, 3.63) is 0 Å². The minimum absolute atomic E-state index is 0.461. The average Bonchev–Trinajstić information content (AvgIpc) is 2.52. The second-order valence-electron chi connectivity index (χ2n) is 6.29. The van der Waals surface area contributed by atoms with Gasteiger partial charge in [0.05, 0.1) is 0 Å². The molecule has 15 heteroatoms. The van der Waals surface area contributed by atoms with E-state index in [0.717, 1.165) is 14.2 Å². The Morgan fingerprint density at radius 2 is 1.00 bits per heavy atom. The van der Waals surface area contributed by atoms with Crippen LogP contribution in [-0.4, -0.2) is 58.3 Å². The summed E-state index contributed by atoms with van der Waals surface area (Å²) >= 11 is 0. The Hall–Kier alpha value is -0.703. The van der Waals surface area contributed by atoms with E-state index < -0.39 is 69.9 Å². The Morgan fingerprint density at radius 3 is 1.32 bits per heavy atom. The van der Waals surface area contributed by atoms with E-state index in [1.165, 1.54) is 6.55 Å². The summed E-state index contributed by atoms with van der Waals surface area (Å²) in [4.78, 5) is 0. The molecule has 0 saturated heterocycles. The topological polar surface area (TPSA) is 18.5 Å². The number of alkyl halides is 12. The van der Waals surface area contributed by atoms with Crippen molar-refractivity contribution in [2.45, 2.75) is 67.9 Å². The fraction of sp³-hybridized carbons (Fsp3) is 1.00. The Morgan fingerprint density at radius 1 is 0.643 bits per heavy atom. The summed E-state index contributed by atoms with van der Waals surface area (Å²) in [6.45, 7) is 0.351. The molecule has 2 nitrogen and oxygen atoms in total. The maximum absolute atomic E-state index is 13.6. The molecule has 0 aromatic heterocycles. The van der Waals surface area contributed by atoms with Crippen molar-refractivity contribution in [2.75, 3.05) is 14.2 Å². The summed E-state index contributed by atoms with van der Waals surface area (Å²) in [6, 6.07) is -0.461. The largest absolute Gasteiger partial charge is 0.398 e. The van der Waals surface area contributed by atoms with Crippen molar-refractivity contribution >= 4 is 8.56 Å². The summed E-state index contributed by atoms with van der Waals surface area (Å²) in [5.41, 5.74) is 0. The van der Waals surface area contributed by atoms with Crippen LogP contribution in [0.15, 0.2) is 0 Å². The van der Waals surface area contributed by atoms with Crippen LogP contribution in [0, 0.1) is 0 Å². The van der Waals surface area contributed by atoms with Crippen molar-refractivity contribution in [3.63, 3.8) is 0 Å². The molecule has 170 valence electrons. The van der Waals surface area contributed by atoms with Gasteiger partial charge in [0.1, 0.15) is 0 Å². The van der Waals surface area contributed by atoms with Crippen LogP contribution in [0.1, 0.15) is 19.8 Å². The van der Waals surface area contributed by atoms with Crippen molar-refractivity contribution in [2.24, 2.45) is 0 Å². The van der Waals surface area contributed by atoms with E-state index >= 15 is 0 Å². The summed E-state index contributed by atoms with van der Waals surface area (Å²) in [7, 11) is -0.952. The predicted molar refractivity (Wildman–Crippen MR) is 75.0 cm³/mol.